The third-order valence-electron chi connectivity index (χ3n) is 0. The van der Waals surface area contributed by atoms with Crippen LogP contribution in [-0.2, 0) is 4.57 Å². The van der Waals surface area contributed by atoms with Crippen molar-refractivity contribution >= 4 is 19.9 Å². The van der Waals surface area contributed by atoms with Crippen molar-refractivity contribution in [3.05, 3.63) is 0 Å². The van der Waals surface area contributed by atoms with Gasteiger partial charge >= 0.3 is 0 Å². The lowest BCUT2D eigenvalue weighted by molar-refractivity contribution is 0.504. The highest BCUT2D eigenvalue weighted by Gasteiger charge is 1.58. The Kier molecular flexibility index (Phi) is 14.5. The predicted molar refractivity (Wildman–Crippen MR) is 34.8 cm³/mol. The SMILES string of the molecule is CSC.N[PH](=O)O. The van der Waals surface area contributed by atoms with E-state index in [4.69, 9.17) is 9.46 Å². The number of thioether (sulfide) groups is 1. The van der Waals surface area contributed by atoms with E-state index in [1.807, 2.05) is 12.5 Å². The second-order valence-corrected chi connectivity index (χ2v) is 2.24. The molecule has 0 aromatic heterocycles. The second kappa shape index (κ2) is 9.71. The first-order chi connectivity index (χ1) is 3.15. The Morgan fingerprint density at radius 1 is 1.71 bits per heavy atom. The van der Waals surface area contributed by atoms with Crippen LogP contribution in [0.15, 0.2) is 0 Å². The summed E-state index contributed by atoms with van der Waals surface area (Å²) in [6.07, 6.45) is 4.08. The Hall–Kier alpha value is 0.500. The van der Waals surface area contributed by atoms with Gasteiger partial charge in [0, 0.05) is 0 Å². The fourth-order valence-electron chi connectivity index (χ4n) is 0. The summed E-state index contributed by atoms with van der Waals surface area (Å²) < 4.78 is 8.96. The topological polar surface area (TPSA) is 63.3 Å². The van der Waals surface area contributed by atoms with Crippen LogP contribution in [0.5, 0.6) is 0 Å². The normalized spacial score (nSPS) is 11.4. The maximum Gasteiger partial charge on any atom is 0.253 e. The zero-order chi connectivity index (χ0) is 6.28. The van der Waals surface area contributed by atoms with Gasteiger partial charge in [-0.15, -0.1) is 0 Å². The molecule has 0 fully saturated rings. The van der Waals surface area contributed by atoms with Gasteiger partial charge in [-0.25, -0.2) is 0 Å². The number of hydrogen-bond acceptors (Lipinski definition) is 2. The number of hydrogen-bond donors (Lipinski definition) is 2. The molecule has 0 rings (SSSR count). The molecule has 1 unspecified atom stereocenters. The summed E-state index contributed by atoms with van der Waals surface area (Å²) in [5.41, 5.74) is 4.21. The Morgan fingerprint density at radius 2 is 1.71 bits per heavy atom. The van der Waals surface area contributed by atoms with Gasteiger partial charge < -0.3 is 4.89 Å². The number of nitrogens with two attached hydrogens (primary N) is 1. The zero-order valence-electron chi connectivity index (χ0n) is 4.34. The molecule has 1 atom stereocenters. The molecule has 5 heteroatoms. The van der Waals surface area contributed by atoms with Crippen molar-refractivity contribution < 1.29 is 9.46 Å². The van der Waals surface area contributed by atoms with E-state index in [2.05, 4.69) is 5.50 Å². The lowest BCUT2D eigenvalue weighted by atomic mass is 11.9. The summed E-state index contributed by atoms with van der Waals surface area (Å²) in [6, 6.07) is 0. The van der Waals surface area contributed by atoms with Crippen LogP contribution in [0.3, 0.4) is 0 Å². The molecule has 0 aliphatic heterocycles. The average Bonchev–Trinajstić information content (AvgIpc) is 1.33. The predicted octanol–water partition coefficient (Wildman–Crippen LogP) is 0.306. The van der Waals surface area contributed by atoms with Gasteiger partial charge in [-0.3, -0.25) is 10.1 Å². The zero-order valence-corrected chi connectivity index (χ0v) is 6.16. The Labute approximate surface area is 48.2 Å². The average molecular weight is 143 g/mol. The summed E-state index contributed by atoms with van der Waals surface area (Å²) in [5, 5.41) is 0. The molecule has 0 saturated heterocycles. The van der Waals surface area contributed by atoms with E-state index >= 15 is 0 Å². The van der Waals surface area contributed by atoms with Gasteiger partial charge in [-0.05, 0) is 12.5 Å². The van der Waals surface area contributed by atoms with Gasteiger partial charge in [0.15, 0.2) is 0 Å². The van der Waals surface area contributed by atoms with E-state index in [1.54, 1.807) is 11.8 Å². The first-order valence-electron chi connectivity index (χ1n) is 1.53. The van der Waals surface area contributed by atoms with Gasteiger partial charge in [-0.2, -0.15) is 11.8 Å². The van der Waals surface area contributed by atoms with Crippen molar-refractivity contribution in [2.75, 3.05) is 12.5 Å². The van der Waals surface area contributed by atoms with Gasteiger partial charge in [-0.1, -0.05) is 0 Å². The van der Waals surface area contributed by atoms with E-state index < -0.39 is 8.18 Å². The molecule has 3 nitrogen and oxygen atoms in total. The van der Waals surface area contributed by atoms with Crippen molar-refractivity contribution in [3.8, 4) is 0 Å². The molecule has 0 spiro atoms. The third kappa shape index (κ3) is 526. The molecular weight excluding hydrogens is 133 g/mol. The maximum atomic E-state index is 8.96. The molecule has 7 heavy (non-hydrogen) atoms. The maximum absolute atomic E-state index is 8.96. The molecule has 0 aromatic rings. The lowest BCUT2D eigenvalue weighted by Crippen LogP contribution is -1.68. The largest absolute Gasteiger partial charge is 0.336 e. The Morgan fingerprint density at radius 3 is 1.71 bits per heavy atom. The van der Waals surface area contributed by atoms with Gasteiger partial charge in [0.25, 0.3) is 8.18 Å². The van der Waals surface area contributed by atoms with Crippen LogP contribution in [0, 0.1) is 0 Å². The molecule has 0 aromatic carbocycles. The minimum Gasteiger partial charge on any atom is -0.336 e. The Bertz CT molecular complexity index is 47.0. The number of rotatable bonds is 0. The molecule has 0 aliphatic rings. The molecule has 0 saturated carbocycles. The minimum absolute atomic E-state index is 1.75. The van der Waals surface area contributed by atoms with Gasteiger partial charge in [0.2, 0.25) is 0 Å². The van der Waals surface area contributed by atoms with Crippen molar-refractivity contribution in [3.63, 3.8) is 0 Å². The van der Waals surface area contributed by atoms with Crippen LogP contribution in [0.1, 0.15) is 0 Å². The van der Waals surface area contributed by atoms with Crippen LogP contribution in [-0.4, -0.2) is 17.4 Å². The van der Waals surface area contributed by atoms with E-state index in [-0.39, 0.29) is 0 Å². The van der Waals surface area contributed by atoms with Crippen LogP contribution >= 0.6 is 19.9 Å². The standard InChI is InChI=1S/C2H6S.H4NO2P/c1-3-2;1-4(2)3/h1-2H3;4H,(H3,1,2,3). The first-order valence-corrected chi connectivity index (χ1v) is 4.60. The fourth-order valence-corrected chi connectivity index (χ4v) is 0. The van der Waals surface area contributed by atoms with E-state index in [9.17, 15) is 0 Å². The summed E-state index contributed by atoms with van der Waals surface area (Å²) in [5.74, 6) is 0. The van der Waals surface area contributed by atoms with Crippen LogP contribution in [0.4, 0.5) is 0 Å². The summed E-state index contributed by atoms with van der Waals surface area (Å²) >= 11 is 1.75. The summed E-state index contributed by atoms with van der Waals surface area (Å²) in [6.45, 7) is 0. The van der Waals surface area contributed by atoms with Crippen molar-refractivity contribution in [2.45, 2.75) is 0 Å². The van der Waals surface area contributed by atoms with E-state index in [0.29, 0.717) is 0 Å². The molecule has 0 aliphatic carbocycles. The van der Waals surface area contributed by atoms with Crippen LogP contribution in [0.25, 0.3) is 0 Å². The Balaban J connectivity index is 0. The monoisotopic (exact) mass is 143 g/mol. The summed E-state index contributed by atoms with van der Waals surface area (Å²) in [7, 11) is -2.63. The van der Waals surface area contributed by atoms with Gasteiger partial charge in [0.05, 0.1) is 0 Å². The van der Waals surface area contributed by atoms with Crippen molar-refractivity contribution in [1.82, 2.24) is 0 Å². The molecule has 0 radical (unpaired) electrons. The molecule has 0 bridgehead atoms. The third-order valence-corrected chi connectivity index (χ3v) is 0. The molecule has 3 N–H and O–H groups in total. The molecule has 0 heterocycles. The van der Waals surface area contributed by atoms with E-state index in [1.165, 1.54) is 0 Å². The highest BCUT2D eigenvalue weighted by atomic mass is 32.2. The smallest absolute Gasteiger partial charge is 0.253 e. The van der Waals surface area contributed by atoms with Crippen molar-refractivity contribution in [2.24, 2.45) is 5.50 Å². The summed E-state index contributed by atoms with van der Waals surface area (Å²) in [4.78, 5) is 7.38. The minimum atomic E-state index is -2.63. The molecule has 46 valence electrons. The fraction of sp³-hybridized carbons (Fsp3) is 1.00. The second-order valence-electron chi connectivity index (χ2n) is 0.746. The first kappa shape index (κ1) is 10.5. The highest BCUT2D eigenvalue weighted by Crippen LogP contribution is 1.91. The molecule has 0 amide bonds. The molecular formula is C2H10NO2PS. The van der Waals surface area contributed by atoms with Gasteiger partial charge in [0.1, 0.15) is 0 Å². The highest BCUT2D eigenvalue weighted by molar-refractivity contribution is 7.97. The van der Waals surface area contributed by atoms with E-state index in [0.717, 1.165) is 0 Å². The lowest BCUT2D eigenvalue weighted by Gasteiger charge is -1.62. The quantitative estimate of drug-likeness (QED) is 0.479. The van der Waals surface area contributed by atoms with Crippen LogP contribution < -0.4 is 5.50 Å². The van der Waals surface area contributed by atoms with Crippen LogP contribution in [0.2, 0.25) is 0 Å². The van der Waals surface area contributed by atoms with Crippen molar-refractivity contribution in [1.29, 1.82) is 0 Å².